The number of aryl methyl sites for hydroxylation is 2. The molecule has 0 radical (unpaired) electrons. The first-order chi connectivity index (χ1) is 14.5. The first-order valence-corrected chi connectivity index (χ1v) is 10.3. The zero-order valence-corrected chi connectivity index (χ0v) is 17.8. The maximum absolute atomic E-state index is 12.8. The first-order valence-electron chi connectivity index (χ1n) is 9.96. The lowest BCUT2D eigenvalue weighted by Crippen LogP contribution is -2.44. The monoisotopic (exact) mass is 425 g/mol. The highest BCUT2D eigenvalue weighted by atomic mass is 35.5. The van der Waals surface area contributed by atoms with Crippen LogP contribution in [0.5, 0.6) is 0 Å². The molecule has 3 aromatic rings. The third-order valence-corrected chi connectivity index (χ3v) is 5.52. The van der Waals surface area contributed by atoms with Gasteiger partial charge in [-0.2, -0.15) is 5.10 Å². The van der Waals surface area contributed by atoms with E-state index in [9.17, 15) is 4.79 Å². The van der Waals surface area contributed by atoms with Gasteiger partial charge in [0.2, 0.25) is 5.91 Å². The zero-order chi connectivity index (χ0) is 21.1. The highest BCUT2D eigenvalue weighted by Gasteiger charge is 2.27. The minimum atomic E-state index is -0.257. The Hall–Kier alpha value is -2.77. The molecule has 1 aromatic carbocycles. The summed E-state index contributed by atoms with van der Waals surface area (Å²) in [6.07, 6.45) is 0.390. The molecular formula is C22H24ClN5O2. The van der Waals surface area contributed by atoms with Gasteiger partial charge in [-0.25, -0.2) is 9.67 Å². The summed E-state index contributed by atoms with van der Waals surface area (Å²) < 4.78 is 7.58. The number of aromatic nitrogens is 4. The van der Waals surface area contributed by atoms with E-state index in [1.54, 1.807) is 4.68 Å². The van der Waals surface area contributed by atoms with Crippen LogP contribution in [0.2, 0.25) is 5.02 Å². The van der Waals surface area contributed by atoms with E-state index >= 15 is 0 Å². The number of hydrogen-bond donors (Lipinski definition) is 0. The van der Waals surface area contributed by atoms with Crippen LogP contribution in [0.3, 0.4) is 0 Å². The zero-order valence-electron chi connectivity index (χ0n) is 17.1. The summed E-state index contributed by atoms with van der Waals surface area (Å²) in [5, 5.41) is 5.02. The number of pyridine rings is 1. The van der Waals surface area contributed by atoms with E-state index in [4.69, 9.17) is 21.3 Å². The maximum Gasteiger partial charge on any atom is 0.244 e. The van der Waals surface area contributed by atoms with Crippen LogP contribution in [0.15, 0.2) is 42.5 Å². The van der Waals surface area contributed by atoms with Crippen molar-refractivity contribution in [1.82, 2.24) is 24.6 Å². The fraction of sp³-hybridized carbons (Fsp3) is 0.364. The highest BCUT2D eigenvalue weighted by Crippen LogP contribution is 2.23. The lowest BCUT2D eigenvalue weighted by Gasteiger charge is -2.32. The van der Waals surface area contributed by atoms with E-state index in [2.05, 4.69) is 10.1 Å². The van der Waals surface area contributed by atoms with Gasteiger partial charge < -0.3 is 9.64 Å². The van der Waals surface area contributed by atoms with Gasteiger partial charge in [0.1, 0.15) is 24.3 Å². The fourth-order valence-corrected chi connectivity index (χ4v) is 3.81. The number of carbonyl (C=O) groups excluding carboxylic acids is 1. The summed E-state index contributed by atoms with van der Waals surface area (Å²) in [6.45, 7) is 5.35. The predicted octanol–water partition coefficient (Wildman–Crippen LogP) is 3.13. The molecule has 1 unspecified atom stereocenters. The van der Waals surface area contributed by atoms with E-state index in [1.807, 2.05) is 61.2 Å². The summed E-state index contributed by atoms with van der Waals surface area (Å²) in [5.41, 5.74) is 2.77. The lowest BCUT2D eigenvalue weighted by molar-refractivity contribution is -0.140. The number of halogens is 1. The van der Waals surface area contributed by atoms with Crippen LogP contribution in [0.25, 0.3) is 0 Å². The number of amides is 1. The van der Waals surface area contributed by atoms with Gasteiger partial charge in [0.05, 0.1) is 18.8 Å². The Morgan fingerprint density at radius 2 is 2.00 bits per heavy atom. The second-order valence-electron chi connectivity index (χ2n) is 7.39. The van der Waals surface area contributed by atoms with E-state index in [1.165, 1.54) is 0 Å². The van der Waals surface area contributed by atoms with Gasteiger partial charge in [0.25, 0.3) is 0 Å². The molecule has 7 nitrogen and oxygen atoms in total. The summed E-state index contributed by atoms with van der Waals surface area (Å²) in [5.74, 6) is 1.41. The maximum atomic E-state index is 12.8. The molecule has 156 valence electrons. The molecule has 1 aliphatic heterocycles. The standard InChI is InChI=1S/C22H24ClN5O2/c1-15-24-16(2)28(26-15)14-22(29)27-10-11-30-21(13-27)20-9-5-7-18(25-20)12-17-6-3-4-8-19(17)23/h3-9,21H,10-14H2,1-2H3. The molecule has 8 heteroatoms. The molecule has 3 heterocycles. The van der Waals surface area contributed by atoms with Gasteiger partial charge in [-0.15, -0.1) is 0 Å². The van der Waals surface area contributed by atoms with Crippen LogP contribution in [-0.4, -0.2) is 50.3 Å². The van der Waals surface area contributed by atoms with Crippen molar-refractivity contribution in [3.8, 4) is 0 Å². The van der Waals surface area contributed by atoms with Crippen molar-refractivity contribution in [3.05, 3.63) is 76.1 Å². The SMILES string of the molecule is Cc1nc(C)n(CC(=O)N2CCOC(c3cccc(Cc4ccccc4Cl)n3)C2)n1. The van der Waals surface area contributed by atoms with Crippen molar-refractivity contribution in [2.75, 3.05) is 19.7 Å². The minimum absolute atomic E-state index is 0.00326. The van der Waals surface area contributed by atoms with Crippen molar-refractivity contribution in [1.29, 1.82) is 0 Å². The van der Waals surface area contributed by atoms with Crippen molar-refractivity contribution in [3.63, 3.8) is 0 Å². The van der Waals surface area contributed by atoms with Gasteiger partial charge in [-0.3, -0.25) is 9.78 Å². The van der Waals surface area contributed by atoms with E-state index < -0.39 is 0 Å². The van der Waals surface area contributed by atoms with Gasteiger partial charge >= 0.3 is 0 Å². The number of rotatable bonds is 5. The molecule has 0 spiro atoms. The highest BCUT2D eigenvalue weighted by molar-refractivity contribution is 6.31. The average molecular weight is 426 g/mol. The van der Waals surface area contributed by atoms with Crippen LogP contribution in [-0.2, 0) is 22.5 Å². The molecule has 30 heavy (non-hydrogen) atoms. The molecule has 2 aromatic heterocycles. The molecule has 4 rings (SSSR count). The molecule has 1 amide bonds. The van der Waals surface area contributed by atoms with Gasteiger partial charge in [0.15, 0.2) is 0 Å². The molecule has 0 aliphatic carbocycles. The van der Waals surface area contributed by atoms with Crippen molar-refractivity contribution in [2.24, 2.45) is 0 Å². The Kier molecular flexibility index (Phi) is 6.11. The minimum Gasteiger partial charge on any atom is -0.368 e. The first kappa shape index (κ1) is 20.5. The molecule has 1 fully saturated rings. The average Bonchev–Trinajstić information content (AvgIpc) is 3.06. The van der Waals surface area contributed by atoms with Crippen LogP contribution in [0, 0.1) is 13.8 Å². The smallest absolute Gasteiger partial charge is 0.244 e. The van der Waals surface area contributed by atoms with E-state index in [0.717, 1.165) is 27.8 Å². The fourth-order valence-electron chi connectivity index (χ4n) is 3.61. The van der Waals surface area contributed by atoms with Crippen LogP contribution in [0.4, 0.5) is 0 Å². The van der Waals surface area contributed by atoms with Crippen LogP contribution in [0.1, 0.15) is 34.7 Å². The molecule has 0 bridgehead atoms. The molecule has 1 atom stereocenters. The molecular weight excluding hydrogens is 402 g/mol. The molecule has 0 saturated carbocycles. The van der Waals surface area contributed by atoms with Crippen LogP contribution < -0.4 is 0 Å². The predicted molar refractivity (Wildman–Crippen MR) is 113 cm³/mol. The second kappa shape index (κ2) is 8.93. The van der Waals surface area contributed by atoms with Crippen molar-refractivity contribution >= 4 is 17.5 Å². The van der Waals surface area contributed by atoms with Gasteiger partial charge in [-0.1, -0.05) is 35.9 Å². The third kappa shape index (κ3) is 4.68. The number of morpholine rings is 1. The summed E-state index contributed by atoms with van der Waals surface area (Å²) >= 11 is 6.29. The number of hydrogen-bond acceptors (Lipinski definition) is 5. The number of nitrogens with zero attached hydrogens (tertiary/aromatic N) is 5. The number of ether oxygens (including phenoxy) is 1. The number of benzene rings is 1. The summed E-state index contributed by atoms with van der Waals surface area (Å²) in [4.78, 5) is 23.6. The largest absolute Gasteiger partial charge is 0.368 e. The Morgan fingerprint density at radius 3 is 2.77 bits per heavy atom. The van der Waals surface area contributed by atoms with Crippen molar-refractivity contribution in [2.45, 2.75) is 32.9 Å². The van der Waals surface area contributed by atoms with E-state index in [-0.39, 0.29) is 18.6 Å². The molecule has 1 saturated heterocycles. The topological polar surface area (TPSA) is 73.1 Å². The second-order valence-corrected chi connectivity index (χ2v) is 7.79. The lowest BCUT2D eigenvalue weighted by atomic mass is 10.1. The van der Waals surface area contributed by atoms with Crippen LogP contribution >= 0.6 is 11.6 Å². The molecule has 1 aliphatic rings. The van der Waals surface area contributed by atoms with E-state index in [0.29, 0.717) is 31.9 Å². The Bertz CT molecular complexity index is 1050. The quantitative estimate of drug-likeness (QED) is 0.627. The van der Waals surface area contributed by atoms with Gasteiger partial charge in [0, 0.05) is 23.7 Å². The Labute approximate surface area is 180 Å². The molecule has 0 N–H and O–H groups in total. The van der Waals surface area contributed by atoms with Gasteiger partial charge in [-0.05, 0) is 37.6 Å². The Morgan fingerprint density at radius 1 is 1.17 bits per heavy atom. The summed E-state index contributed by atoms with van der Waals surface area (Å²) in [6, 6.07) is 13.7. The summed E-state index contributed by atoms with van der Waals surface area (Å²) in [7, 11) is 0. The third-order valence-electron chi connectivity index (χ3n) is 5.15. The number of carbonyl (C=O) groups is 1. The Balaban J connectivity index is 1.45. The normalized spacial score (nSPS) is 16.6. The van der Waals surface area contributed by atoms with Crippen molar-refractivity contribution < 1.29 is 9.53 Å².